The van der Waals surface area contributed by atoms with E-state index < -0.39 is 6.29 Å². The van der Waals surface area contributed by atoms with Gasteiger partial charge in [-0.05, 0) is 66.1 Å². The fraction of sp³-hybridized carbons (Fsp3) is 0.487. The summed E-state index contributed by atoms with van der Waals surface area (Å²) in [6.07, 6.45) is 4.29. The van der Waals surface area contributed by atoms with Crippen LogP contribution in [-0.2, 0) is 32.2 Å². The number of rotatable bonds is 15. The van der Waals surface area contributed by atoms with Crippen LogP contribution >= 0.6 is 0 Å². The Morgan fingerprint density at radius 2 is 1.65 bits per heavy atom. The zero-order chi connectivity index (χ0) is 33.9. The minimum absolute atomic E-state index is 0.000152. The Bertz CT molecular complexity index is 1460. The number of unbranched alkanes of at least 4 members (excludes halogenated alkanes) is 2. The summed E-state index contributed by atoms with van der Waals surface area (Å²) in [5.41, 5.74) is 6.02. The molecule has 258 valence electrons. The van der Waals surface area contributed by atoms with Crippen molar-refractivity contribution in [3.05, 3.63) is 95.1 Å². The van der Waals surface area contributed by atoms with E-state index in [1.165, 1.54) is 6.92 Å². The molecule has 5 rings (SSSR count). The SMILES string of the molecule is CC(=O)NCCCCCC(=O)NCc1cccc(-c2ccc([C@@H]3O[C@H](CN4CCC[C@H]4CO)[C@H](C)[C@H](c4ccc(CO)cc4)O3)cc2)c1. The number of hydrogen-bond donors (Lipinski definition) is 4. The summed E-state index contributed by atoms with van der Waals surface area (Å²) in [6, 6.07) is 24.6. The Balaban J connectivity index is 1.22. The van der Waals surface area contributed by atoms with E-state index in [0.717, 1.165) is 78.6 Å². The van der Waals surface area contributed by atoms with Gasteiger partial charge in [0, 0.05) is 50.5 Å². The maximum Gasteiger partial charge on any atom is 0.220 e. The second kappa shape index (κ2) is 17.7. The van der Waals surface area contributed by atoms with Gasteiger partial charge in [0.25, 0.3) is 0 Å². The van der Waals surface area contributed by atoms with Crippen LogP contribution in [0.3, 0.4) is 0 Å². The number of benzene rings is 3. The summed E-state index contributed by atoms with van der Waals surface area (Å²) in [7, 11) is 0. The van der Waals surface area contributed by atoms with Gasteiger partial charge in [0.05, 0.1) is 25.4 Å². The number of carbonyl (C=O) groups is 2. The number of ether oxygens (including phenoxy) is 2. The third-order valence-electron chi connectivity index (χ3n) is 9.64. The lowest BCUT2D eigenvalue weighted by Gasteiger charge is -2.43. The van der Waals surface area contributed by atoms with Gasteiger partial charge in [-0.3, -0.25) is 14.5 Å². The van der Waals surface area contributed by atoms with E-state index in [0.29, 0.717) is 19.5 Å². The van der Waals surface area contributed by atoms with Crippen molar-refractivity contribution < 1.29 is 29.3 Å². The second-order valence-corrected chi connectivity index (χ2v) is 13.2. The summed E-state index contributed by atoms with van der Waals surface area (Å²) >= 11 is 0. The van der Waals surface area contributed by atoms with Crippen LogP contribution in [0.25, 0.3) is 11.1 Å². The van der Waals surface area contributed by atoms with Gasteiger partial charge >= 0.3 is 0 Å². The molecule has 0 radical (unpaired) electrons. The highest BCUT2D eigenvalue weighted by molar-refractivity contribution is 5.76. The molecule has 0 saturated carbocycles. The number of aliphatic hydroxyl groups excluding tert-OH is 2. The lowest BCUT2D eigenvalue weighted by molar-refractivity contribution is -0.276. The Hall–Kier alpha value is -3.60. The molecule has 48 heavy (non-hydrogen) atoms. The van der Waals surface area contributed by atoms with Crippen molar-refractivity contribution in [2.75, 3.05) is 26.2 Å². The molecule has 2 heterocycles. The highest BCUT2D eigenvalue weighted by Gasteiger charge is 2.40. The van der Waals surface area contributed by atoms with Crippen LogP contribution in [0.2, 0.25) is 0 Å². The molecule has 0 aromatic heterocycles. The zero-order valence-electron chi connectivity index (χ0n) is 28.3. The third kappa shape index (κ3) is 9.74. The number of nitrogens with zero attached hydrogens (tertiary/aromatic N) is 1. The number of nitrogens with one attached hydrogen (secondary N) is 2. The molecule has 2 amide bonds. The Morgan fingerprint density at radius 3 is 2.38 bits per heavy atom. The van der Waals surface area contributed by atoms with E-state index >= 15 is 0 Å². The molecular formula is C39H51N3O6. The first-order valence-electron chi connectivity index (χ1n) is 17.4. The molecule has 9 nitrogen and oxygen atoms in total. The van der Waals surface area contributed by atoms with Crippen molar-refractivity contribution >= 4 is 11.8 Å². The summed E-state index contributed by atoms with van der Waals surface area (Å²) in [6.45, 7) is 6.64. The number of hydrogen-bond acceptors (Lipinski definition) is 7. The van der Waals surface area contributed by atoms with Crippen molar-refractivity contribution in [2.45, 2.75) is 90.1 Å². The standard InChI is InChI=1S/C39H51N3O6/c1-27-36(24-42-21-7-10-35(42)26-44)47-39(48-38(27)32-14-12-29(25-43)13-15-32)33-18-16-31(17-19-33)34-9-6-8-30(22-34)23-41-37(46)11-4-3-5-20-40-28(2)45/h6,8-9,12-19,22,27,35-36,38-39,43-44H,3-5,7,10-11,20-21,23-26H2,1-2H3,(H,40,45)(H,41,46)/t27-,35-,36+,38+,39+/m0/s1. The maximum atomic E-state index is 12.4. The number of carbonyl (C=O) groups excluding carboxylic acids is 2. The topological polar surface area (TPSA) is 120 Å². The van der Waals surface area contributed by atoms with Gasteiger partial charge in [0.1, 0.15) is 0 Å². The van der Waals surface area contributed by atoms with Crippen LogP contribution in [0.15, 0.2) is 72.8 Å². The summed E-state index contributed by atoms with van der Waals surface area (Å²) in [5, 5.41) is 25.3. The fourth-order valence-corrected chi connectivity index (χ4v) is 6.74. The van der Waals surface area contributed by atoms with Crippen LogP contribution in [-0.4, -0.2) is 65.3 Å². The highest BCUT2D eigenvalue weighted by Crippen LogP contribution is 2.42. The average Bonchev–Trinajstić information content (AvgIpc) is 3.57. The van der Waals surface area contributed by atoms with E-state index in [2.05, 4.69) is 58.9 Å². The molecule has 2 aliphatic heterocycles. The summed E-state index contributed by atoms with van der Waals surface area (Å²) in [4.78, 5) is 25.7. The van der Waals surface area contributed by atoms with Gasteiger partial charge < -0.3 is 30.3 Å². The summed E-state index contributed by atoms with van der Waals surface area (Å²) in [5.74, 6) is 0.0887. The van der Waals surface area contributed by atoms with Crippen LogP contribution in [0.4, 0.5) is 0 Å². The van der Waals surface area contributed by atoms with Gasteiger partial charge in [-0.1, -0.05) is 80.1 Å². The normalized spacial score (nSPS) is 22.8. The molecule has 2 aliphatic rings. The number of likely N-dealkylation sites (tertiary alicyclic amines) is 1. The van der Waals surface area contributed by atoms with E-state index in [-0.39, 0.29) is 49.2 Å². The molecular weight excluding hydrogens is 606 g/mol. The molecule has 2 fully saturated rings. The Kier molecular flexibility index (Phi) is 13.2. The molecule has 9 heteroatoms. The lowest BCUT2D eigenvalue weighted by Crippen LogP contribution is -2.46. The van der Waals surface area contributed by atoms with Crippen molar-refractivity contribution in [3.8, 4) is 11.1 Å². The summed E-state index contributed by atoms with van der Waals surface area (Å²) < 4.78 is 13.3. The molecule has 4 N–H and O–H groups in total. The van der Waals surface area contributed by atoms with Gasteiger partial charge in [-0.25, -0.2) is 0 Å². The van der Waals surface area contributed by atoms with Gasteiger partial charge in [0.2, 0.25) is 11.8 Å². The van der Waals surface area contributed by atoms with Gasteiger partial charge in [-0.2, -0.15) is 0 Å². The van der Waals surface area contributed by atoms with Crippen molar-refractivity contribution in [3.63, 3.8) is 0 Å². The van der Waals surface area contributed by atoms with Gasteiger partial charge in [-0.15, -0.1) is 0 Å². The average molecular weight is 658 g/mol. The molecule has 5 atom stereocenters. The van der Waals surface area contributed by atoms with Crippen molar-refractivity contribution in [1.29, 1.82) is 0 Å². The fourth-order valence-electron chi connectivity index (χ4n) is 6.74. The van der Waals surface area contributed by atoms with Crippen LogP contribution in [0, 0.1) is 5.92 Å². The highest BCUT2D eigenvalue weighted by atomic mass is 16.7. The number of aliphatic hydroxyl groups is 2. The Morgan fingerprint density at radius 1 is 0.875 bits per heavy atom. The minimum Gasteiger partial charge on any atom is -0.395 e. The van der Waals surface area contributed by atoms with E-state index in [9.17, 15) is 19.8 Å². The molecule has 0 unspecified atom stereocenters. The van der Waals surface area contributed by atoms with E-state index in [4.69, 9.17) is 9.47 Å². The monoisotopic (exact) mass is 657 g/mol. The van der Waals surface area contributed by atoms with E-state index in [1.807, 2.05) is 36.4 Å². The van der Waals surface area contributed by atoms with Crippen LogP contribution < -0.4 is 10.6 Å². The molecule has 0 spiro atoms. The smallest absolute Gasteiger partial charge is 0.220 e. The van der Waals surface area contributed by atoms with Gasteiger partial charge in [0.15, 0.2) is 6.29 Å². The van der Waals surface area contributed by atoms with Crippen LogP contribution in [0.1, 0.15) is 87.0 Å². The first kappa shape index (κ1) is 35.7. The minimum atomic E-state index is -0.551. The molecule has 0 bridgehead atoms. The molecule has 2 saturated heterocycles. The zero-order valence-corrected chi connectivity index (χ0v) is 28.3. The predicted octanol–water partition coefficient (Wildman–Crippen LogP) is 5.41. The predicted molar refractivity (Wildman–Crippen MR) is 186 cm³/mol. The van der Waals surface area contributed by atoms with Crippen molar-refractivity contribution in [2.24, 2.45) is 5.92 Å². The lowest BCUT2D eigenvalue weighted by atomic mass is 9.89. The maximum absolute atomic E-state index is 12.4. The van der Waals surface area contributed by atoms with Crippen LogP contribution in [0.5, 0.6) is 0 Å². The molecule has 0 aliphatic carbocycles. The van der Waals surface area contributed by atoms with Crippen molar-refractivity contribution in [1.82, 2.24) is 15.5 Å². The Labute approximate surface area is 284 Å². The van der Waals surface area contributed by atoms with E-state index in [1.54, 1.807) is 0 Å². The second-order valence-electron chi connectivity index (χ2n) is 13.2. The third-order valence-corrected chi connectivity index (χ3v) is 9.64. The first-order chi connectivity index (χ1) is 23.3. The number of amides is 2. The largest absolute Gasteiger partial charge is 0.395 e. The molecule has 3 aromatic carbocycles. The quantitative estimate of drug-likeness (QED) is 0.162. The molecule has 3 aromatic rings. The first-order valence-corrected chi connectivity index (χ1v) is 17.4.